The lowest BCUT2D eigenvalue weighted by molar-refractivity contribution is -0.143. The van der Waals surface area contributed by atoms with Crippen molar-refractivity contribution in [1.29, 1.82) is 0 Å². The molecule has 0 aromatic heterocycles. The smallest absolute Gasteiger partial charge is 0.261 e. The first-order valence-corrected chi connectivity index (χ1v) is 11.3. The summed E-state index contributed by atoms with van der Waals surface area (Å²) in [6, 6.07) is 14.7. The van der Waals surface area contributed by atoms with Crippen molar-refractivity contribution < 1.29 is 14.3 Å². The molecular formula is C24H31BrN2O3. The summed E-state index contributed by atoms with van der Waals surface area (Å²) in [5, 5.41) is 2.97. The number of carbonyl (C=O) groups excluding carboxylic acids is 2. The van der Waals surface area contributed by atoms with Gasteiger partial charge < -0.3 is 15.0 Å². The number of rotatable bonds is 11. The van der Waals surface area contributed by atoms with Gasteiger partial charge in [0.1, 0.15) is 11.8 Å². The van der Waals surface area contributed by atoms with Crippen LogP contribution in [0.25, 0.3) is 0 Å². The number of aryl methyl sites for hydroxylation is 1. The molecular weight excluding hydrogens is 444 g/mol. The number of hydrogen-bond acceptors (Lipinski definition) is 3. The van der Waals surface area contributed by atoms with Crippen molar-refractivity contribution in [3.8, 4) is 5.75 Å². The highest BCUT2D eigenvalue weighted by molar-refractivity contribution is 9.10. The molecule has 0 bridgehead atoms. The Morgan fingerprint density at radius 3 is 2.43 bits per heavy atom. The predicted molar refractivity (Wildman–Crippen MR) is 123 cm³/mol. The summed E-state index contributed by atoms with van der Waals surface area (Å²) in [6.45, 7) is 6.89. The lowest BCUT2D eigenvalue weighted by Crippen LogP contribution is -2.50. The Bertz CT molecular complexity index is 823. The van der Waals surface area contributed by atoms with Crippen LogP contribution >= 0.6 is 15.9 Å². The molecule has 0 radical (unpaired) electrons. The van der Waals surface area contributed by atoms with E-state index in [0.29, 0.717) is 25.3 Å². The summed E-state index contributed by atoms with van der Waals surface area (Å²) in [5.41, 5.74) is 2.11. The zero-order valence-corrected chi connectivity index (χ0v) is 19.6. The Kier molecular flexibility index (Phi) is 9.87. The lowest BCUT2D eigenvalue weighted by atomic mass is 10.1. The Morgan fingerprint density at radius 2 is 1.80 bits per heavy atom. The van der Waals surface area contributed by atoms with Gasteiger partial charge in [0.2, 0.25) is 5.91 Å². The van der Waals surface area contributed by atoms with Crippen molar-refractivity contribution in [3.05, 3.63) is 64.1 Å². The highest BCUT2D eigenvalue weighted by Crippen LogP contribution is 2.18. The van der Waals surface area contributed by atoms with E-state index in [1.807, 2.05) is 50.2 Å². The van der Waals surface area contributed by atoms with Crippen LogP contribution in [-0.4, -0.2) is 35.9 Å². The van der Waals surface area contributed by atoms with Gasteiger partial charge in [-0.05, 0) is 55.2 Å². The number of nitrogens with one attached hydrogen (secondary N) is 1. The van der Waals surface area contributed by atoms with Gasteiger partial charge in [-0.3, -0.25) is 9.59 Å². The van der Waals surface area contributed by atoms with Gasteiger partial charge in [0.15, 0.2) is 6.61 Å². The quantitative estimate of drug-likeness (QED) is 0.473. The summed E-state index contributed by atoms with van der Waals surface area (Å²) < 4.78 is 6.64. The number of amides is 2. The molecule has 6 heteroatoms. The largest absolute Gasteiger partial charge is 0.484 e. The maximum absolute atomic E-state index is 13.1. The van der Waals surface area contributed by atoms with Gasteiger partial charge in [-0.15, -0.1) is 0 Å². The number of ether oxygens (including phenoxy) is 1. The van der Waals surface area contributed by atoms with Gasteiger partial charge in [0, 0.05) is 17.6 Å². The number of hydrogen-bond donors (Lipinski definition) is 1. The van der Waals surface area contributed by atoms with Crippen molar-refractivity contribution in [2.24, 2.45) is 0 Å². The van der Waals surface area contributed by atoms with Gasteiger partial charge in [-0.2, -0.15) is 0 Å². The minimum Gasteiger partial charge on any atom is -0.484 e. The molecule has 30 heavy (non-hydrogen) atoms. The number of unbranched alkanes of at least 4 members (excludes halogenated alkanes) is 1. The molecule has 0 fully saturated rings. The summed E-state index contributed by atoms with van der Waals surface area (Å²) in [7, 11) is 0. The molecule has 2 amide bonds. The third-order valence-electron chi connectivity index (χ3n) is 4.99. The van der Waals surface area contributed by atoms with Crippen molar-refractivity contribution in [1.82, 2.24) is 10.2 Å². The molecule has 0 aliphatic carbocycles. The van der Waals surface area contributed by atoms with Crippen LogP contribution in [0.15, 0.2) is 53.0 Å². The monoisotopic (exact) mass is 474 g/mol. The molecule has 2 aromatic rings. The van der Waals surface area contributed by atoms with Crippen molar-refractivity contribution in [3.63, 3.8) is 0 Å². The zero-order chi connectivity index (χ0) is 21.9. The molecule has 5 nitrogen and oxygen atoms in total. The van der Waals surface area contributed by atoms with Crippen LogP contribution in [0.4, 0.5) is 0 Å². The average molecular weight is 475 g/mol. The molecule has 0 heterocycles. The van der Waals surface area contributed by atoms with Crippen molar-refractivity contribution >= 4 is 27.7 Å². The predicted octanol–water partition coefficient (Wildman–Crippen LogP) is 4.86. The van der Waals surface area contributed by atoms with Crippen LogP contribution in [0.2, 0.25) is 0 Å². The first kappa shape index (κ1) is 23.9. The summed E-state index contributed by atoms with van der Waals surface area (Å²) >= 11 is 3.39. The van der Waals surface area contributed by atoms with Crippen LogP contribution in [-0.2, 0) is 16.1 Å². The van der Waals surface area contributed by atoms with E-state index in [1.54, 1.807) is 17.0 Å². The van der Waals surface area contributed by atoms with Gasteiger partial charge in [-0.1, -0.05) is 60.5 Å². The first-order chi connectivity index (χ1) is 14.5. The molecule has 0 aliphatic rings. The molecule has 1 N–H and O–H groups in total. The minimum absolute atomic E-state index is 0.114. The molecule has 0 saturated carbocycles. The maximum Gasteiger partial charge on any atom is 0.261 e. The number of benzene rings is 2. The van der Waals surface area contributed by atoms with Crippen molar-refractivity contribution in [2.45, 2.75) is 52.6 Å². The van der Waals surface area contributed by atoms with Crippen molar-refractivity contribution in [2.75, 3.05) is 13.2 Å². The molecule has 0 aliphatic heterocycles. The third-order valence-corrected chi connectivity index (χ3v) is 5.52. The Labute approximate surface area is 187 Å². The fraction of sp³-hybridized carbons (Fsp3) is 0.417. The number of nitrogens with zero attached hydrogens (tertiary/aromatic N) is 1. The van der Waals surface area contributed by atoms with E-state index in [2.05, 4.69) is 28.2 Å². The molecule has 1 atom stereocenters. The molecule has 0 spiro atoms. The van der Waals surface area contributed by atoms with E-state index < -0.39 is 6.04 Å². The molecule has 2 rings (SSSR count). The average Bonchev–Trinajstić information content (AvgIpc) is 2.74. The van der Waals surface area contributed by atoms with Gasteiger partial charge in [0.05, 0.1) is 0 Å². The SMILES string of the molecule is CCCCNC(=O)[C@@H](CC)N(Cc1ccccc1C)C(=O)COc1ccc(Br)cc1. The minimum atomic E-state index is -0.539. The van der Waals surface area contributed by atoms with E-state index in [0.717, 1.165) is 28.4 Å². The lowest BCUT2D eigenvalue weighted by Gasteiger charge is -2.31. The van der Waals surface area contributed by atoms with Crippen LogP contribution in [0.3, 0.4) is 0 Å². The van der Waals surface area contributed by atoms with Gasteiger partial charge in [-0.25, -0.2) is 0 Å². The Balaban J connectivity index is 2.17. The second kappa shape index (κ2) is 12.4. The van der Waals surface area contributed by atoms with E-state index in [1.165, 1.54) is 0 Å². The standard InChI is InChI=1S/C24H31BrN2O3/c1-4-6-15-26-24(29)22(5-2)27(16-19-10-8-7-9-18(19)3)23(28)17-30-21-13-11-20(25)12-14-21/h7-14,22H,4-6,15-17H2,1-3H3,(H,26,29)/t22-/m1/s1. The summed E-state index contributed by atoms with van der Waals surface area (Å²) in [4.78, 5) is 27.6. The van der Waals surface area contributed by atoms with Crippen LogP contribution in [0.1, 0.15) is 44.2 Å². The number of halogens is 1. The van der Waals surface area contributed by atoms with E-state index >= 15 is 0 Å². The second-order valence-electron chi connectivity index (χ2n) is 7.26. The van der Waals surface area contributed by atoms with Crippen LogP contribution in [0, 0.1) is 6.92 Å². The maximum atomic E-state index is 13.1. The van der Waals surface area contributed by atoms with Crippen LogP contribution in [0.5, 0.6) is 5.75 Å². The van der Waals surface area contributed by atoms with E-state index in [-0.39, 0.29) is 18.4 Å². The third kappa shape index (κ3) is 7.17. The van der Waals surface area contributed by atoms with Gasteiger partial charge in [0.25, 0.3) is 5.91 Å². The second-order valence-corrected chi connectivity index (χ2v) is 8.18. The Hall–Kier alpha value is -2.34. The first-order valence-electron chi connectivity index (χ1n) is 10.5. The fourth-order valence-electron chi connectivity index (χ4n) is 3.16. The molecule has 0 saturated heterocycles. The molecule has 2 aromatic carbocycles. The number of carbonyl (C=O) groups is 2. The normalized spacial score (nSPS) is 11.6. The summed E-state index contributed by atoms with van der Waals surface area (Å²) in [6.07, 6.45) is 2.46. The van der Waals surface area contributed by atoms with E-state index in [4.69, 9.17) is 4.74 Å². The van der Waals surface area contributed by atoms with Crippen LogP contribution < -0.4 is 10.1 Å². The Morgan fingerprint density at radius 1 is 1.10 bits per heavy atom. The molecule has 162 valence electrons. The topological polar surface area (TPSA) is 58.6 Å². The zero-order valence-electron chi connectivity index (χ0n) is 18.0. The highest BCUT2D eigenvalue weighted by atomic mass is 79.9. The fourth-order valence-corrected chi connectivity index (χ4v) is 3.42. The van der Waals surface area contributed by atoms with Gasteiger partial charge >= 0.3 is 0 Å². The summed E-state index contributed by atoms with van der Waals surface area (Å²) in [5.74, 6) is 0.290. The van der Waals surface area contributed by atoms with E-state index in [9.17, 15) is 9.59 Å². The molecule has 0 unspecified atom stereocenters. The highest BCUT2D eigenvalue weighted by Gasteiger charge is 2.29.